The van der Waals surface area contributed by atoms with Crippen molar-refractivity contribution in [1.29, 1.82) is 0 Å². The van der Waals surface area contributed by atoms with Crippen molar-refractivity contribution in [3.63, 3.8) is 0 Å². The van der Waals surface area contributed by atoms with E-state index in [4.69, 9.17) is 5.14 Å². The molecule has 2 aromatic rings. The van der Waals surface area contributed by atoms with E-state index in [1.165, 1.54) is 30.5 Å². The molecule has 3 N–H and O–H groups in total. The number of carbonyl (C=O) groups is 1. The first-order valence-electron chi connectivity index (χ1n) is 9.61. The zero-order valence-corrected chi connectivity index (χ0v) is 16.7. The van der Waals surface area contributed by atoms with Crippen molar-refractivity contribution in [1.82, 2.24) is 10.2 Å². The summed E-state index contributed by atoms with van der Waals surface area (Å²) in [6.07, 6.45) is 3.31. The van der Waals surface area contributed by atoms with E-state index in [2.05, 4.69) is 22.3 Å². The second-order valence-electron chi connectivity index (χ2n) is 7.16. The van der Waals surface area contributed by atoms with Crippen molar-refractivity contribution in [2.45, 2.75) is 36.6 Å². The molecule has 2 aromatic carbocycles. The lowest BCUT2D eigenvalue weighted by Gasteiger charge is -2.28. The van der Waals surface area contributed by atoms with Gasteiger partial charge in [-0.25, -0.2) is 13.6 Å². The Morgan fingerprint density at radius 3 is 2.29 bits per heavy atom. The van der Waals surface area contributed by atoms with Crippen LogP contribution < -0.4 is 10.5 Å². The normalized spacial score (nSPS) is 16.0. The molecule has 6 nitrogen and oxygen atoms in total. The fourth-order valence-electron chi connectivity index (χ4n) is 3.59. The largest absolute Gasteiger partial charge is 0.354 e. The van der Waals surface area contributed by atoms with Gasteiger partial charge in [0.25, 0.3) is 0 Å². The smallest absolute Gasteiger partial charge is 0.238 e. The van der Waals surface area contributed by atoms with Gasteiger partial charge in [0, 0.05) is 13.0 Å². The van der Waals surface area contributed by atoms with Crippen LogP contribution in [0.5, 0.6) is 0 Å². The first-order chi connectivity index (χ1) is 13.4. The van der Waals surface area contributed by atoms with Crippen LogP contribution in [0.15, 0.2) is 59.5 Å². The number of carbonyl (C=O) groups excluding carboxylic acids is 1. The molecule has 7 heteroatoms. The molecule has 0 radical (unpaired) electrons. The lowest BCUT2D eigenvalue weighted by molar-refractivity contribution is -0.121. The minimum absolute atomic E-state index is 0.00403. The van der Waals surface area contributed by atoms with Crippen LogP contribution in [0.25, 0.3) is 0 Å². The van der Waals surface area contributed by atoms with Crippen LogP contribution in [-0.2, 0) is 21.2 Å². The fraction of sp³-hybridized carbons (Fsp3) is 0.381. The van der Waals surface area contributed by atoms with E-state index in [1.54, 1.807) is 12.1 Å². The molecule has 3 rings (SSSR count). The van der Waals surface area contributed by atoms with Crippen molar-refractivity contribution < 1.29 is 13.2 Å². The van der Waals surface area contributed by atoms with Gasteiger partial charge in [-0.2, -0.15) is 0 Å². The van der Waals surface area contributed by atoms with Gasteiger partial charge in [0.15, 0.2) is 0 Å². The third-order valence-electron chi connectivity index (χ3n) is 5.15. The van der Waals surface area contributed by atoms with Gasteiger partial charge in [-0.1, -0.05) is 42.5 Å². The number of nitrogens with two attached hydrogens (primary N) is 1. The summed E-state index contributed by atoms with van der Waals surface area (Å²) in [4.78, 5) is 14.9. The molecule has 1 fully saturated rings. The van der Waals surface area contributed by atoms with E-state index in [0.29, 0.717) is 19.4 Å². The monoisotopic (exact) mass is 401 g/mol. The van der Waals surface area contributed by atoms with E-state index in [0.717, 1.165) is 18.7 Å². The number of primary sulfonamides is 1. The predicted octanol–water partition coefficient (Wildman–Crippen LogP) is 2.22. The van der Waals surface area contributed by atoms with Gasteiger partial charge in [0.2, 0.25) is 15.9 Å². The van der Waals surface area contributed by atoms with E-state index in [9.17, 15) is 13.2 Å². The molecule has 28 heavy (non-hydrogen) atoms. The number of aryl methyl sites for hydroxylation is 1. The first kappa shape index (κ1) is 20.5. The second-order valence-corrected chi connectivity index (χ2v) is 8.72. The molecule has 1 unspecified atom stereocenters. The Morgan fingerprint density at radius 1 is 1.04 bits per heavy atom. The molecule has 1 atom stereocenters. The minimum Gasteiger partial charge on any atom is -0.354 e. The number of amides is 1. The number of sulfonamides is 1. The Balaban J connectivity index is 1.53. The number of rotatable bonds is 8. The molecular formula is C21H27N3O3S. The average molecular weight is 402 g/mol. The summed E-state index contributed by atoms with van der Waals surface area (Å²) in [5.74, 6) is -0.00403. The molecule has 1 aliphatic rings. The summed E-state index contributed by atoms with van der Waals surface area (Å²) in [6, 6.07) is 16.8. The van der Waals surface area contributed by atoms with Crippen LogP contribution in [0.2, 0.25) is 0 Å². The second kappa shape index (κ2) is 9.32. The van der Waals surface area contributed by atoms with E-state index < -0.39 is 10.0 Å². The maximum atomic E-state index is 12.3. The molecular weight excluding hydrogens is 374 g/mol. The Hall–Kier alpha value is -2.22. The van der Waals surface area contributed by atoms with E-state index in [1.807, 2.05) is 18.2 Å². The standard InChI is InChI=1S/C21H27N3O3S/c22-28(26,27)19-11-8-17(9-12-19)10-13-21(25)23-16-20(24-14-4-5-15-24)18-6-2-1-3-7-18/h1-3,6-9,11-12,20H,4-5,10,13-16H2,(H,23,25)(H2,22,26,27). The topological polar surface area (TPSA) is 92.5 Å². The maximum absolute atomic E-state index is 12.3. The summed E-state index contributed by atoms with van der Waals surface area (Å²) in [6.45, 7) is 2.71. The van der Waals surface area contributed by atoms with Crippen molar-refractivity contribution in [2.75, 3.05) is 19.6 Å². The van der Waals surface area contributed by atoms with Crippen molar-refractivity contribution in [3.8, 4) is 0 Å². The predicted molar refractivity (Wildman–Crippen MR) is 109 cm³/mol. The Labute approximate surface area is 166 Å². The summed E-state index contributed by atoms with van der Waals surface area (Å²) in [5.41, 5.74) is 2.13. The molecule has 0 saturated carbocycles. The quantitative estimate of drug-likeness (QED) is 0.709. The van der Waals surface area contributed by atoms with E-state index in [-0.39, 0.29) is 16.8 Å². The highest BCUT2D eigenvalue weighted by Crippen LogP contribution is 2.24. The number of hydrogen-bond acceptors (Lipinski definition) is 4. The molecule has 0 aromatic heterocycles. The highest BCUT2D eigenvalue weighted by atomic mass is 32.2. The molecule has 0 bridgehead atoms. The summed E-state index contributed by atoms with van der Waals surface area (Å²) in [5, 5.41) is 8.17. The van der Waals surface area contributed by atoms with Crippen molar-refractivity contribution >= 4 is 15.9 Å². The maximum Gasteiger partial charge on any atom is 0.238 e. The molecule has 1 aliphatic heterocycles. The molecule has 1 amide bonds. The SMILES string of the molecule is NS(=O)(=O)c1ccc(CCC(=O)NCC(c2ccccc2)N2CCCC2)cc1. The Morgan fingerprint density at radius 2 is 1.68 bits per heavy atom. The molecule has 1 heterocycles. The lowest BCUT2D eigenvalue weighted by Crippen LogP contribution is -2.36. The van der Waals surface area contributed by atoms with Gasteiger partial charge in [0.05, 0.1) is 10.9 Å². The number of nitrogens with zero attached hydrogens (tertiary/aromatic N) is 1. The number of likely N-dealkylation sites (tertiary alicyclic amines) is 1. The van der Waals surface area contributed by atoms with Crippen LogP contribution in [0.3, 0.4) is 0 Å². The summed E-state index contributed by atoms with van der Waals surface area (Å²) >= 11 is 0. The minimum atomic E-state index is -3.69. The average Bonchev–Trinajstić information content (AvgIpc) is 3.21. The van der Waals surface area contributed by atoms with Crippen molar-refractivity contribution in [2.24, 2.45) is 5.14 Å². The summed E-state index contributed by atoms with van der Waals surface area (Å²) < 4.78 is 22.6. The van der Waals surface area contributed by atoms with Crippen LogP contribution in [0.4, 0.5) is 0 Å². The van der Waals surface area contributed by atoms with Gasteiger partial charge < -0.3 is 5.32 Å². The zero-order valence-electron chi connectivity index (χ0n) is 15.9. The van der Waals surface area contributed by atoms with Crippen molar-refractivity contribution in [3.05, 3.63) is 65.7 Å². The van der Waals surface area contributed by atoms with Gasteiger partial charge in [-0.3, -0.25) is 9.69 Å². The van der Waals surface area contributed by atoms with Gasteiger partial charge in [-0.05, 0) is 55.6 Å². The number of nitrogens with one attached hydrogen (secondary N) is 1. The van der Waals surface area contributed by atoms with Gasteiger partial charge in [-0.15, -0.1) is 0 Å². The number of hydrogen-bond donors (Lipinski definition) is 2. The Kier molecular flexibility index (Phi) is 6.83. The van der Waals surface area contributed by atoms with Crippen LogP contribution in [-0.4, -0.2) is 38.9 Å². The molecule has 1 saturated heterocycles. The third kappa shape index (κ3) is 5.64. The third-order valence-corrected chi connectivity index (χ3v) is 6.08. The van der Waals surface area contributed by atoms with E-state index >= 15 is 0 Å². The van der Waals surface area contributed by atoms with Crippen LogP contribution in [0.1, 0.15) is 36.4 Å². The van der Waals surface area contributed by atoms with Gasteiger partial charge in [0.1, 0.15) is 0 Å². The molecule has 0 aliphatic carbocycles. The van der Waals surface area contributed by atoms with Gasteiger partial charge >= 0.3 is 0 Å². The van der Waals surface area contributed by atoms with Crippen LogP contribution >= 0.6 is 0 Å². The zero-order chi connectivity index (χ0) is 20.0. The highest BCUT2D eigenvalue weighted by molar-refractivity contribution is 7.89. The summed E-state index contributed by atoms with van der Waals surface area (Å²) in [7, 11) is -3.69. The Bertz CT molecular complexity index is 877. The highest BCUT2D eigenvalue weighted by Gasteiger charge is 2.23. The lowest BCUT2D eigenvalue weighted by atomic mass is 10.1. The number of benzene rings is 2. The van der Waals surface area contributed by atoms with Crippen LogP contribution in [0, 0.1) is 0 Å². The fourth-order valence-corrected chi connectivity index (χ4v) is 4.10. The first-order valence-corrected chi connectivity index (χ1v) is 11.2. The molecule has 0 spiro atoms. The molecule has 150 valence electrons.